The van der Waals surface area contributed by atoms with Crippen LogP contribution in [0.1, 0.15) is 37.1 Å². The van der Waals surface area contributed by atoms with Gasteiger partial charge in [0.15, 0.2) is 0 Å². The van der Waals surface area contributed by atoms with Gasteiger partial charge < -0.3 is 10.1 Å². The molecule has 3 heterocycles. The first-order valence-electron chi connectivity index (χ1n) is 8.80. The van der Waals surface area contributed by atoms with Gasteiger partial charge in [0.1, 0.15) is 4.90 Å². The molecule has 2 aliphatic heterocycles. The minimum atomic E-state index is -3.57. The van der Waals surface area contributed by atoms with Crippen molar-refractivity contribution in [2.75, 3.05) is 26.2 Å². The second-order valence-corrected chi connectivity index (χ2v) is 8.70. The molecule has 140 valence electrons. The number of nitrogens with zero attached hydrogens (tertiary/aromatic N) is 2. The fourth-order valence-electron chi connectivity index (χ4n) is 3.57. The van der Waals surface area contributed by atoms with E-state index < -0.39 is 10.0 Å². The van der Waals surface area contributed by atoms with Crippen molar-refractivity contribution >= 4 is 15.9 Å². The summed E-state index contributed by atoms with van der Waals surface area (Å²) in [6.45, 7) is 5.41. The zero-order chi connectivity index (χ0) is 18.0. The van der Waals surface area contributed by atoms with Crippen molar-refractivity contribution in [3.63, 3.8) is 0 Å². The van der Waals surface area contributed by atoms with E-state index in [0.29, 0.717) is 43.9 Å². The van der Waals surface area contributed by atoms with Crippen LogP contribution in [0, 0.1) is 19.8 Å². The fourth-order valence-corrected chi connectivity index (χ4v) is 5.37. The summed E-state index contributed by atoms with van der Waals surface area (Å²) in [5.41, 5.74) is 1.03. The number of hydrogen-bond acceptors (Lipinski definition) is 5. The van der Waals surface area contributed by atoms with Crippen LogP contribution < -0.4 is 5.32 Å². The molecule has 2 aliphatic rings. The van der Waals surface area contributed by atoms with Gasteiger partial charge in [0.2, 0.25) is 15.9 Å². The van der Waals surface area contributed by atoms with Crippen LogP contribution in [0.2, 0.25) is 0 Å². The number of nitrogens with one attached hydrogen (secondary N) is 2. The molecule has 8 nitrogen and oxygen atoms in total. The van der Waals surface area contributed by atoms with Crippen molar-refractivity contribution < 1.29 is 17.9 Å². The SMILES string of the molecule is Cc1n[nH]c(C)c1S(=O)(=O)N1CCC(C(=O)NCC2CCCO2)CC1. The quantitative estimate of drug-likeness (QED) is 0.795. The number of H-pyrrole nitrogens is 1. The minimum absolute atomic E-state index is 0.00298. The molecule has 3 rings (SSSR count). The van der Waals surface area contributed by atoms with E-state index in [4.69, 9.17) is 4.74 Å². The largest absolute Gasteiger partial charge is 0.376 e. The number of rotatable bonds is 5. The average molecular weight is 370 g/mol. The van der Waals surface area contributed by atoms with E-state index in [0.717, 1.165) is 19.4 Å². The first-order valence-corrected chi connectivity index (χ1v) is 10.2. The maximum atomic E-state index is 12.8. The number of ether oxygens (including phenoxy) is 1. The standard InChI is InChI=1S/C16H26N4O4S/c1-11-15(12(2)19-18-11)25(22,23)20-7-5-13(6-8-20)16(21)17-10-14-4-3-9-24-14/h13-14H,3-10H2,1-2H3,(H,17,21)(H,18,19). The third-order valence-electron chi connectivity index (χ3n) is 5.01. The van der Waals surface area contributed by atoms with Gasteiger partial charge in [0.25, 0.3) is 0 Å². The zero-order valence-electron chi connectivity index (χ0n) is 14.7. The van der Waals surface area contributed by atoms with E-state index in [1.807, 2.05) is 0 Å². The number of aryl methyl sites for hydroxylation is 2. The Morgan fingerprint density at radius 1 is 1.32 bits per heavy atom. The van der Waals surface area contributed by atoms with Crippen molar-refractivity contribution in [1.29, 1.82) is 0 Å². The molecule has 2 saturated heterocycles. The van der Waals surface area contributed by atoms with E-state index in [9.17, 15) is 13.2 Å². The van der Waals surface area contributed by atoms with E-state index in [1.165, 1.54) is 4.31 Å². The second kappa shape index (κ2) is 7.43. The zero-order valence-corrected chi connectivity index (χ0v) is 15.6. The first-order chi connectivity index (χ1) is 11.9. The van der Waals surface area contributed by atoms with Gasteiger partial charge in [-0.05, 0) is 39.5 Å². The molecule has 0 radical (unpaired) electrons. The summed E-state index contributed by atoms with van der Waals surface area (Å²) in [6, 6.07) is 0. The molecule has 25 heavy (non-hydrogen) atoms. The van der Waals surface area contributed by atoms with E-state index in [-0.39, 0.29) is 22.8 Å². The molecule has 2 N–H and O–H groups in total. The molecular formula is C16H26N4O4S. The van der Waals surface area contributed by atoms with Gasteiger partial charge >= 0.3 is 0 Å². The van der Waals surface area contributed by atoms with Crippen molar-refractivity contribution in [1.82, 2.24) is 19.8 Å². The van der Waals surface area contributed by atoms with Gasteiger partial charge in [0, 0.05) is 32.2 Å². The Labute approximate surface area is 148 Å². The van der Waals surface area contributed by atoms with Crippen LogP contribution in [0.15, 0.2) is 4.90 Å². The molecule has 0 spiro atoms. The highest BCUT2D eigenvalue weighted by Crippen LogP contribution is 2.26. The van der Waals surface area contributed by atoms with Crippen LogP contribution in [0.3, 0.4) is 0 Å². The number of carbonyl (C=O) groups excluding carboxylic acids is 1. The Morgan fingerprint density at radius 3 is 2.60 bits per heavy atom. The van der Waals surface area contributed by atoms with Crippen LogP contribution in [0.5, 0.6) is 0 Å². The molecule has 1 unspecified atom stereocenters. The summed E-state index contributed by atoms with van der Waals surface area (Å²) in [4.78, 5) is 12.6. The molecular weight excluding hydrogens is 344 g/mol. The summed E-state index contributed by atoms with van der Waals surface area (Å²) in [7, 11) is -3.57. The van der Waals surface area contributed by atoms with Gasteiger partial charge in [0.05, 0.1) is 17.5 Å². The Bertz CT molecular complexity index is 697. The third kappa shape index (κ3) is 3.88. The molecule has 1 atom stereocenters. The van der Waals surface area contributed by atoms with Gasteiger partial charge in [-0.25, -0.2) is 8.42 Å². The van der Waals surface area contributed by atoms with Crippen LogP contribution in [-0.4, -0.2) is 61.2 Å². The lowest BCUT2D eigenvalue weighted by Crippen LogP contribution is -2.44. The lowest BCUT2D eigenvalue weighted by molar-refractivity contribution is -0.126. The van der Waals surface area contributed by atoms with Gasteiger partial charge in [-0.3, -0.25) is 9.89 Å². The predicted molar refractivity (Wildman–Crippen MR) is 91.5 cm³/mol. The lowest BCUT2D eigenvalue weighted by Gasteiger charge is -2.30. The maximum Gasteiger partial charge on any atom is 0.246 e. The van der Waals surface area contributed by atoms with E-state index >= 15 is 0 Å². The van der Waals surface area contributed by atoms with Crippen LogP contribution in [0.4, 0.5) is 0 Å². The van der Waals surface area contributed by atoms with E-state index in [1.54, 1.807) is 13.8 Å². The third-order valence-corrected chi connectivity index (χ3v) is 7.17. The molecule has 9 heteroatoms. The summed E-state index contributed by atoms with van der Waals surface area (Å²) in [5.74, 6) is -0.136. The molecule has 0 aromatic carbocycles. The lowest BCUT2D eigenvalue weighted by atomic mass is 9.97. The maximum absolute atomic E-state index is 12.8. The molecule has 2 fully saturated rings. The van der Waals surface area contributed by atoms with Gasteiger partial charge in [-0.1, -0.05) is 0 Å². The Balaban J connectivity index is 1.55. The topological polar surface area (TPSA) is 104 Å². The Morgan fingerprint density at radius 2 is 2.04 bits per heavy atom. The van der Waals surface area contributed by atoms with Crippen LogP contribution in [0.25, 0.3) is 0 Å². The van der Waals surface area contributed by atoms with Crippen molar-refractivity contribution in [3.05, 3.63) is 11.4 Å². The Hall–Kier alpha value is -1.45. The summed E-state index contributed by atoms with van der Waals surface area (Å²) < 4.78 is 32.6. The minimum Gasteiger partial charge on any atom is -0.376 e. The number of amides is 1. The number of carbonyl (C=O) groups is 1. The van der Waals surface area contributed by atoms with Gasteiger partial charge in [-0.15, -0.1) is 0 Å². The number of piperidine rings is 1. The molecule has 1 aromatic rings. The summed E-state index contributed by atoms with van der Waals surface area (Å²) in [6.07, 6.45) is 3.22. The molecule has 0 saturated carbocycles. The van der Waals surface area contributed by atoms with Gasteiger partial charge in [-0.2, -0.15) is 9.40 Å². The number of sulfonamides is 1. The molecule has 0 bridgehead atoms. The molecule has 1 aromatic heterocycles. The van der Waals surface area contributed by atoms with E-state index in [2.05, 4.69) is 15.5 Å². The molecule has 1 amide bonds. The Kier molecular flexibility index (Phi) is 5.45. The smallest absolute Gasteiger partial charge is 0.246 e. The highest BCUT2D eigenvalue weighted by molar-refractivity contribution is 7.89. The predicted octanol–water partition coefficient (Wildman–Crippen LogP) is 0.722. The molecule has 0 aliphatic carbocycles. The van der Waals surface area contributed by atoms with Crippen molar-refractivity contribution in [3.8, 4) is 0 Å². The number of aromatic amines is 1. The highest BCUT2D eigenvalue weighted by Gasteiger charge is 2.34. The fraction of sp³-hybridized carbons (Fsp3) is 0.750. The second-order valence-electron chi connectivity index (χ2n) is 6.82. The number of aromatic nitrogens is 2. The van der Waals surface area contributed by atoms with Crippen molar-refractivity contribution in [2.24, 2.45) is 5.92 Å². The first kappa shape index (κ1) is 18.3. The highest BCUT2D eigenvalue weighted by atomic mass is 32.2. The van der Waals surface area contributed by atoms with Crippen LogP contribution >= 0.6 is 0 Å². The van der Waals surface area contributed by atoms with Crippen LogP contribution in [-0.2, 0) is 19.6 Å². The monoisotopic (exact) mass is 370 g/mol. The summed E-state index contributed by atoms with van der Waals surface area (Å²) >= 11 is 0. The average Bonchev–Trinajstić information content (AvgIpc) is 3.22. The summed E-state index contributed by atoms with van der Waals surface area (Å²) in [5, 5.41) is 9.64. The number of hydrogen-bond donors (Lipinski definition) is 2. The van der Waals surface area contributed by atoms with Crippen molar-refractivity contribution in [2.45, 2.75) is 50.5 Å². The normalized spacial score (nSPS) is 23.0.